The number of aliphatic hydroxyl groups is 1. The number of carboxylic acids is 1. The van der Waals surface area contributed by atoms with E-state index in [-0.39, 0.29) is 24.2 Å². The van der Waals surface area contributed by atoms with Crippen LogP contribution in [0.15, 0.2) is 12.2 Å². The van der Waals surface area contributed by atoms with Gasteiger partial charge in [0.1, 0.15) is 0 Å². The second-order valence-electron chi connectivity index (χ2n) is 8.43. The fourth-order valence-electron chi connectivity index (χ4n) is 4.73. The Bertz CT molecular complexity index is 564. The van der Waals surface area contributed by atoms with E-state index in [1.54, 1.807) is 0 Å². The van der Waals surface area contributed by atoms with Crippen molar-refractivity contribution in [1.29, 1.82) is 5.26 Å². The summed E-state index contributed by atoms with van der Waals surface area (Å²) < 4.78 is 12.0. The molecule has 1 heterocycles. The van der Waals surface area contributed by atoms with Crippen LogP contribution in [0.2, 0.25) is 0 Å². The minimum absolute atomic E-state index is 0.0120. The van der Waals surface area contributed by atoms with Crippen molar-refractivity contribution in [3.8, 4) is 6.07 Å². The highest BCUT2D eigenvalue weighted by Crippen LogP contribution is 2.51. The molecule has 6 nitrogen and oxygen atoms in total. The number of aliphatic carboxylic acids is 1. The first kappa shape index (κ1) is 23.9. The lowest BCUT2D eigenvalue weighted by Crippen LogP contribution is -2.36. The fraction of sp³-hybridized carbons (Fsp3) is 0.826. The Morgan fingerprint density at radius 3 is 2.59 bits per heavy atom. The minimum Gasteiger partial charge on any atom is -0.481 e. The molecule has 0 aromatic rings. The summed E-state index contributed by atoms with van der Waals surface area (Å²) in [4.78, 5) is 10.6. The molecule has 2 N–H and O–H groups in total. The summed E-state index contributed by atoms with van der Waals surface area (Å²) in [5, 5.41) is 28.7. The van der Waals surface area contributed by atoms with E-state index in [4.69, 9.17) is 14.6 Å². The fourth-order valence-corrected chi connectivity index (χ4v) is 4.73. The number of hydrogen-bond acceptors (Lipinski definition) is 5. The van der Waals surface area contributed by atoms with Crippen LogP contribution in [0.3, 0.4) is 0 Å². The molecule has 164 valence electrons. The number of aliphatic hydroxyl groups excluding tert-OH is 1. The van der Waals surface area contributed by atoms with Gasteiger partial charge in [-0.15, -0.1) is 0 Å². The molecule has 0 amide bonds. The number of nitrogens with zero attached hydrogens (tertiary/aromatic N) is 1. The topological polar surface area (TPSA) is 99.8 Å². The highest BCUT2D eigenvalue weighted by molar-refractivity contribution is 5.66. The van der Waals surface area contributed by atoms with Crippen LogP contribution in [0.1, 0.15) is 77.6 Å². The number of unbranched alkanes of at least 4 members (excludes halogenated alkanes) is 5. The van der Waals surface area contributed by atoms with Gasteiger partial charge in [0.25, 0.3) is 0 Å². The first-order valence-corrected chi connectivity index (χ1v) is 11.3. The zero-order chi connectivity index (χ0) is 21.1. The van der Waals surface area contributed by atoms with Crippen molar-refractivity contribution >= 4 is 5.97 Å². The number of nitriles is 1. The average Bonchev–Trinajstić information content (AvgIpc) is 3.28. The quantitative estimate of drug-likeness (QED) is 0.346. The number of carbonyl (C=O) groups is 1. The van der Waals surface area contributed by atoms with Gasteiger partial charge in [0, 0.05) is 24.7 Å². The number of carboxylic acid groups (broad SMARTS) is 1. The van der Waals surface area contributed by atoms with Crippen molar-refractivity contribution < 1.29 is 24.5 Å². The maximum absolute atomic E-state index is 10.6. The Kier molecular flexibility index (Phi) is 10.1. The van der Waals surface area contributed by atoms with E-state index < -0.39 is 17.9 Å². The Hall–Kier alpha value is -1.42. The summed E-state index contributed by atoms with van der Waals surface area (Å²) in [6, 6.07) is 2.44. The zero-order valence-electron chi connectivity index (χ0n) is 17.7. The van der Waals surface area contributed by atoms with E-state index in [9.17, 15) is 15.2 Å². The van der Waals surface area contributed by atoms with Gasteiger partial charge in [0.2, 0.25) is 0 Å². The number of rotatable bonds is 13. The lowest BCUT2D eigenvalue weighted by molar-refractivity contribution is -0.186. The molecule has 2 fully saturated rings. The Morgan fingerprint density at radius 1 is 1.21 bits per heavy atom. The van der Waals surface area contributed by atoms with Crippen molar-refractivity contribution in [3.05, 3.63) is 12.2 Å². The highest BCUT2D eigenvalue weighted by atomic mass is 16.7. The summed E-state index contributed by atoms with van der Waals surface area (Å²) in [7, 11) is 0. The maximum atomic E-state index is 10.6. The van der Waals surface area contributed by atoms with Crippen molar-refractivity contribution in [3.63, 3.8) is 0 Å². The summed E-state index contributed by atoms with van der Waals surface area (Å²) in [5.74, 6) is -1.49. The molecule has 1 aliphatic carbocycles. The van der Waals surface area contributed by atoms with Gasteiger partial charge in [-0.25, -0.2) is 0 Å². The van der Waals surface area contributed by atoms with Crippen LogP contribution in [0.4, 0.5) is 0 Å². The first-order chi connectivity index (χ1) is 14.0. The minimum atomic E-state index is -0.743. The van der Waals surface area contributed by atoms with E-state index in [1.807, 2.05) is 12.2 Å². The lowest BCUT2D eigenvalue weighted by Gasteiger charge is -2.31. The van der Waals surface area contributed by atoms with Crippen LogP contribution < -0.4 is 0 Å². The van der Waals surface area contributed by atoms with Crippen molar-refractivity contribution in [2.24, 2.45) is 17.8 Å². The van der Waals surface area contributed by atoms with E-state index in [0.717, 1.165) is 51.4 Å². The van der Waals surface area contributed by atoms with Gasteiger partial charge in [-0.2, -0.15) is 5.26 Å². The van der Waals surface area contributed by atoms with Crippen LogP contribution in [-0.4, -0.2) is 41.3 Å². The Labute approximate surface area is 174 Å². The molecule has 29 heavy (non-hydrogen) atoms. The summed E-state index contributed by atoms with van der Waals surface area (Å²) >= 11 is 0. The molecule has 0 aromatic carbocycles. The summed E-state index contributed by atoms with van der Waals surface area (Å²) in [6.07, 6.45) is 12.6. The average molecular weight is 408 g/mol. The SMILES string of the molecule is CCCCC[C@@H](O)C=C[C@@H]1[C@@H](C#N)CC2(OCCO2)[C@H]1CCCCCCC(=O)O. The summed E-state index contributed by atoms with van der Waals surface area (Å²) in [6.45, 7) is 3.26. The first-order valence-electron chi connectivity index (χ1n) is 11.3. The van der Waals surface area contributed by atoms with Crippen molar-refractivity contribution in [2.45, 2.75) is 89.4 Å². The zero-order valence-corrected chi connectivity index (χ0v) is 17.7. The summed E-state index contributed by atoms with van der Waals surface area (Å²) in [5.41, 5.74) is 0. The Morgan fingerprint density at radius 2 is 1.93 bits per heavy atom. The molecule has 1 spiro atoms. The van der Waals surface area contributed by atoms with Gasteiger partial charge in [0.15, 0.2) is 5.79 Å². The van der Waals surface area contributed by atoms with E-state index >= 15 is 0 Å². The van der Waals surface area contributed by atoms with Crippen LogP contribution in [-0.2, 0) is 14.3 Å². The second kappa shape index (κ2) is 12.3. The number of ether oxygens (including phenoxy) is 2. The van der Waals surface area contributed by atoms with Gasteiger partial charge in [0.05, 0.1) is 31.3 Å². The molecule has 1 saturated heterocycles. The smallest absolute Gasteiger partial charge is 0.303 e. The molecule has 0 bridgehead atoms. The highest BCUT2D eigenvalue weighted by Gasteiger charge is 2.56. The third kappa shape index (κ3) is 7.09. The van der Waals surface area contributed by atoms with Crippen LogP contribution >= 0.6 is 0 Å². The molecule has 0 aromatic heterocycles. The molecule has 2 aliphatic rings. The van der Waals surface area contributed by atoms with Crippen LogP contribution in [0, 0.1) is 29.1 Å². The largest absolute Gasteiger partial charge is 0.481 e. The van der Waals surface area contributed by atoms with Crippen LogP contribution in [0.25, 0.3) is 0 Å². The predicted molar refractivity (Wildman–Crippen MR) is 110 cm³/mol. The van der Waals surface area contributed by atoms with Gasteiger partial charge in [-0.1, -0.05) is 57.6 Å². The molecule has 1 aliphatic heterocycles. The third-order valence-corrected chi connectivity index (χ3v) is 6.26. The molecule has 0 radical (unpaired) electrons. The molecular weight excluding hydrogens is 370 g/mol. The molecule has 2 rings (SSSR count). The van der Waals surface area contributed by atoms with E-state index in [1.165, 1.54) is 0 Å². The number of allylic oxidation sites excluding steroid dienone is 1. The normalized spacial score (nSPS) is 26.9. The standard InChI is InChI=1S/C23H37NO5/c1-2-3-6-9-19(25)12-13-20-18(17-24)16-23(28-14-15-29-23)21(20)10-7-4-5-8-11-22(26)27/h12-13,18-21,25H,2-11,14-16H2,1H3,(H,26,27)/t18-,19-,20-,21+/m1/s1. The molecular formula is C23H37NO5. The van der Waals surface area contributed by atoms with Gasteiger partial charge >= 0.3 is 5.97 Å². The van der Waals surface area contributed by atoms with Crippen LogP contribution in [0.5, 0.6) is 0 Å². The van der Waals surface area contributed by atoms with E-state index in [2.05, 4.69) is 13.0 Å². The van der Waals surface area contributed by atoms with Crippen molar-refractivity contribution in [1.82, 2.24) is 0 Å². The second-order valence-corrected chi connectivity index (χ2v) is 8.43. The number of hydrogen-bond donors (Lipinski definition) is 2. The predicted octanol–water partition coefficient (Wildman–Crippen LogP) is 4.43. The van der Waals surface area contributed by atoms with Gasteiger partial charge in [-0.05, 0) is 19.3 Å². The third-order valence-electron chi connectivity index (χ3n) is 6.26. The molecule has 4 atom stereocenters. The molecule has 1 saturated carbocycles. The maximum Gasteiger partial charge on any atom is 0.303 e. The van der Waals surface area contributed by atoms with Gasteiger partial charge < -0.3 is 19.7 Å². The van der Waals surface area contributed by atoms with Crippen molar-refractivity contribution in [2.75, 3.05) is 13.2 Å². The molecule has 0 unspecified atom stereocenters. The van der Waals surface area contributed by atoms with E-state index in [0.29, 0.717) is 26.1 Å². The Balaban J connectivity index is 1.97. The monoisotopic (exact) mass is 407 g/mol. The lowest BCUT2D eigenvalue weighted by atomic mass is 9.84. The molecule has 6 heteroatoms. The van der Waals surface area contributed by atoms with Gasteiger partial charge in [-0.3, -0.25) is 4.79 Å².